The van der Waals surface area contributed by atoms with Crippen LogP contribution in [0.25, 0.3) is 0 Å². The molecule has 0 unspecified atom stereocenters. The molecule has 26 heavy (non-hydrogen) atoms. The molecule has 2 aromatic heterocycles. The van der Waals surface area contributed by atoms with Crippen LogP contribution >= 0.6 is 11.3 Å². The molecule has 2 aliphatic rings. The lowest BCUT2D eigenvalue weighted by atomic mass is 10.0. The van der Waals surface area contributed by atoms with E-state index in [0.29, 0.717) is 19.8 Å². The molecule has 0 radical (unpaired) electrons. The molecule has 4 heterocycles. The number of pyridine rings is 1. The number of amides is 1. The number of thiophene rings is 1. The number of hydrogen-bond donors (Lipinski definition) is 0. The Morgan fingerprint density at radius 2 is 2.23 bits per heavy atom. The van der Waals surface area contributed by atoms with E-state index in [9.17, 15) is 4.79 Å². The molecule has 0 N–H and O–H groups in total. The van der Waals surface area contributed by atoms with Gasteiger partial charge in [0.05, 0.1) is 31.1 Å². The predicted octanol–water partition coefficient (Wildman–Crippen LogP) is 2.09. The van der Waals surface area contributed by atoms with E-state index in [0.717, 1.165) is 36.7 Å². The normalized spacial score (nSPS) is 24.8. The summed E-state index contributed by atoms with van der Waals surface area (Å²) in [6, 6.07) is 8.07. The Bertz CT molecular complexity index is 767. The van der Waals surface area contributed by atoms with E-state index in [4.69, 9.17) is 9.47 Å². The summed E-state index contributed by atoms with van der Waals surface area (Å²) in [5.41, 5.74) is 2.50. The van der Waals surface area contributed by atoms with E-state index in [1.165, 1.54) is 0 Å². The van der Waals surface area contributed by atoms with E-state index in [1.807, 2.05) is 46.8 Å². The van der Waals surface area contributed by atoms with Gasteiger partial charge in [0.25, 0.3) is 5.91 Å². The van der Waals surface area contributed by atoms with Crippen molar-refractivity contribution in [3.05, 3.63) is 46.4 Å². The summed E-state index contributed by atoms with van der Waals surface area (Å²) in [5.74, 6) is 0.00479. The maximum atomic E-state index is 12.4. The number of aromatic nitrogens is 1. The summed E-state index contributed by atoms with van der Waals surface area (Å²) >= 11 is 1.59. The van der Waals surface area contributed by atoms with E-state index in [-0.39, 0.29) is 12.5 Å². The SMILES string of the molecule is Cc1cccc(CN2CCOC[C@@]3(C2)CN(c2ccsc2)C(=O)CO3)n1. The molecule has 0 aliphatic carbocycles. The summed E-state index contributed by atoms with van der Waals surface area (Å²) in [4.78, 5) is 21.1. The third-order valence-corrected chi connectivity index (χ3v) is 5.50. The number of carbonyl (C=O) groups excluding carboxylic acids is 1. The average Bonchev–Trinajstić information content (AvgIpc) is 3.08. The molecule has 4 rings (SSSR count). The van der Waals surface area contributed by atoms with Crippen LogP contribution in [0.1, 0.15) is 11.4 Å². The minimum Gasteiger partial charge on any atom is -0.377 e. The van der Waals surface area contributed by atoms with E-state index in [1.54, 1.807) is 11.3 Å². The van der Waals surface area contributed by atoms with Gasteiger partial charge in [0.2, 0.25) is 0 Å². The highest BCUT2D eigenvalue weighted by Gasteiger charge is 2.43. The molecule has 1 amide bonds. The second-order valence-corrected chi connectivity index (χ2v) is 7.75. The molecule has 6 nitrogen and oxygen atoms in total. The first kappa shape index (κ1) is 17.6. The summed E-state index contributed by atoms with van der Waals surface area (Å²) in [6.07, 6.45) is 0. The monoisotopic (exact) mass is 373 g/mol. The van der Waals surface area contributed by atoms with Crippen LogP contribution in [0.2, 0.25) is 0 Å². The van der Waals surface area contributed by atoms with Crippen molar-refractivity contribution in [3.63, 3.8) is 0 Å². The minimum absolute atomic E-state index is 0.00479. The van der Waals surface area contributed by atoms with Crippen LogP contribution in [-0.4, -0.2) is 60.8 Å². The molecule has 2 saturated heterocycles. The van der Waals surface area contributed by atoms with Crippen molar-refractivity contribution in [2.24, 2.45) is 0 Å². The fourth-order valence-electron chi connectivity index (χ4n) is 3.58. The van der Waals surface area contributed by atoms with Crippen LogP contribution in [0.3, 0.4) is 0 Å². The zero-order valence-electron chi connectivity index (χ0n) is 14.9. The van der Waals surface area contributed by atoms with Crippen molar-refractivity contribution in [2.45, 2.75) is 19.1 Å². The molecule has 1 atom stereocenters. The fraction of sp³-hybridized carbons (Fsp3) is 0.474. The Labute approximate surface area is 157 Å². The van der Waals surface area contributed by atoms with Gasteiger partial charge in [-0.2, -0.15) is 11.3 Å². The van der Waals surface area contributed by atoms with Crippen molar-refractivity contribution in [3.8, 4) is 0 Å². The topological polar surface area (TPSA) is 54.9 Å². The van der Waals surface area contributed by atoms with Crippen LogP contribution in [0, 0.1) is 6.92 Å². The quantitative estimate of drug-likeness (QED) is 0.825. The van der Waals surface area contributed by atoms with E-state index >= 15 is 0 Å². The number of hydrogen-bond acceptors (Lipinski definition) is 6. The van der Waals surface area contributed by atoms with Crippen molar-refractivity contribution >= 4 is 22.9 Å². The zero-order valence-corrected chi connectivity index (χ0v) is 15.7. The molecule has 1 spiro atoms. The Hall–Kier alpha value is -1.80. The number of rotatable bonds is 3. The lowest BCUT2D eigenvalue weighted by molar-refractivity contribution is -0.146. The molecule has 0 aromatic carbocycles. The average molecular weight is 373 g/mol. The van der Waals surface area contributed by atoms with Gasteiger partial charge in [-0.3, -0.25) is 14.7 Å². The van der Waals surface area contributed by atoms with Gasteiger partial charge in [-0.25, -0.2) is 0 Å². The number of carbonyl (C=O) groups is 1. The fourth-order valence-corrected chi connectivity index (χ4v) is 4.22. The van der Waals surface area contributed by atoms with E-state index in [2.05, 4.69) is 9.88 Å². The summed E-state index contributed by atoms with van der Waals surface area (Å²) < 4.78 is 11.9. The minimum atomic E-state index is -0.504. The number of anilines is 1. The summed E-state index contributed by atoms with van der Waals surface area (Å²) in [7, 11) is 0. The van der Waals surface area contributed by atoms with Crippen molar-refractivity contribution < 1.29 is 14.3 Å². The van der Waals surface area contributed by atoms with Crippen LogP contribution < -0.4 is 4.90 Å². The van der Waals surface area contributed by atoms with Gasteiger partial charge in [0, 0.05) is 30.7 Å². The first-order valence-corrected chi connectivity index (χ1v) is 9.77. The third kappa shape index (κ3) is 3.81. The van der Waals surface area contributed by atoms with Gasteiger partial charge in [-0.1, -0.05) is 6.07 Å². The van der Waals surface area contributed by atoms with Gasteiger partial charge in [-0.15, -0.1) is 0 Å². The lowest BCUT2D eigenvalue weighted by Crippen LogP contribution is -2.60. The first-order valence-electron chi connectivity index (χ1n) is 8.83. The zero-order chi connectivity index (χ0) is 18.0. The second-order valence-electron chi connectivity index (χ2n) is 6.97. The second kappa shape index (κ2) is 7.44. The Morgan fingerprint density at radius 3 is 3.04 bits per heavy atom. The van der Waals surface area contributed by atoms with Crippen LogP contribution in [0.15, 0.2) is 35.0 Å². The number of morpholine rings is 1. The molecule has 2 aromatic rings. The molecule has 0 bridgehead atoms. The van der Waals surface area contributed by atoms with Gasteiger partial charge >= 0.3 is 0 Å². The van der Waals surface area contributed by atoms with Crippen LogP contribution in [-0.2, 0) is 20.8 Å². The lowest BCUT2D eigenvalue weighted by Gasteiger charge is -2.42. The molecule has 7 heteroatoms. The summed E-state index contributed by atoms with van der Waals surface area (Å²) in [5, 5.41) is 3.99. The van der Waals surface area contributed by atoms with Crippen molar-refractivity contribution in [1.82, 2.24) is 9.88 Å². The Balaban J connectivity index is 1.52. The molecule has 2 fully saturated rings. The maximum Gasteiger partial charge on any atom is 0.253 e. The van der Waals surface area contributed by atoms with Crippen LogP contribution in [0.5, 0.6) is 0 Å². The molecule has 138 valence electrons. The highest BCUT2D eigenvalue weighted by Crippen LogP contribution is 2.28. The molecular formula is C19H23N3O3S. The highest BCUT2D eigenvalue weighted by atomic mass is 32.1. The summed E-state index contributed by atoms with van der Waals surface area (Å²) in [6.45, 7) is 6.06. The largest absolute Gasteiger partial charge is 0.377 e. The smallest absolute Gasteiger partial charge is 0.253 e. The number of aryl methyl sites for hydroxylation is 1. The predicted molar refractivity (Wildman–Crippen MR) is 100 cm³/mol. The third-order valence-electron chi connectivity index (χ3n) is 4.83. The molecule has 0 saturated carbocycles. The Kier molecular flexibility index (Phi) is 5.04. The van der Waals surface area contributed by atoms with Gasteiger partial charge in [0.1, 0.15) is 12.2 Å². The van der Waals surface area contributed by atoms with E-state index < -0.39 is 5.60 Å². The number of nitrogens with zero attached hydrogens (tertiary/aromatic N) is 3. The standard InChI is InChI=1S/C19H23N3O3S/c1-15-3-2-4-16(20-15)9-21-6-7-24-14-19(12-21)13-22(18(23)10-25-19)17-5-8-26-11-17/h2-5,8,11H,6-7,9-10,12-14H2,1H3/t19-/m1/s1. The number of ether oxygens (including phenoxy) is 2. The van der Waals surface area contributed by atoms with Crippen molar-refractivity contribution in [1.29, 1.82) is 0 Å². The maximum absolute atomic E-state index is 12.4. The Morgan fingerprint density at radius 1 is 1.31 bits per heavy atom. The van der Waals surface area contributed by atoms with Gasteiger partial charge < -0.3 is 14.4 Å². The molecular weight excluding hydrogens is 350 g/mol. The van der Waals surface area contributed by atoms with Gasteiger partial charge in [-0.05, 0) is 30.5 Å². The highest BCUT2D eigenvalue weighted by molar-refractivity contribution is 7.08. The van der Waals surface area contributed by atoms with Crippen molar-refractivity contribution in [2.75, 3.05) is 44.4 Å². The van der Waals surface area contributed by atoms with Crippen LogP contribution in [0.4, 0.5) is 5.69 Å². The molecule has 2 aliphatic heterocycles. The first-order chi connectivity index (χ1) is 12.6. The van der Waals surface area contributed by atoms with Gasteiger partial charge in [0.15, 0.2) is 0 Å².